The smallest absolute Gasteiger partial charge is 0.331 e. The van der Waals surface area contributed by atoms with Crippen LogP contribution in [0, 0.1) is 0 Å². The van der Waals surface area contributed by atoms with E-state index in [2.05, 4.69) is 10.3 Å². The summed E-state index contributed by atoms with van der Waals surface area (Å²) in [5.74, 6) is -0.998. The number of amides is 1. The number of carbonyl (C=O) groups is 2. The average Bonchev–Trinajstić information content (AvgIpc) is 2.71. The van der Waals surface area contributed by atoms with Gasteiger partial charge in [-0.2, -0.15) is 0 Å². The third-order valence-electron chi connectivity index (χ3n) is 4.14. The van der Waals surface area contributed by atoms with E-state index in [0.717, 1.165) is 22.0 Å². The Hall–Kier alpha value is -3.18. The van der Waals surface area contributed by atoms with Crippen LogP contribution in [0.15, 0.2) is 66.9 Å². The van der Waals surface area contributed by atoms with Gasteiger partial charge in [0.05, 0.1) is 5.52 Å². The highest BCUT2D eigenvalue weighted by Gasteiger charge is 2.16. The van der Waals surface area contributed by atoms with Crippen LogP contribution in [0.2, 0.25) is 5.02 Å². The monoisotopic (exact) mass is 394 g/mol. The van der Waals surface area contributed by atoms with E-state index < -0.39 is 18.0 Å². The zero-order chi connectivity index (χ0) is 19.9. The number of aromatic nitrogens is 1. The average molecular weight is 395 g/mol. The van der Waals surface area contributed by atoms with E-state index in [1.165, 1.54) is 13.0 Å². The SMILES string of the molecule is CC(OC(=O)/C=C/c1cccc2cccnc12)C(=O)NCc1ccccc1Cl. The van der Waals surface area contributed by atoms with Gasteiger partial charge >= 0.3 is 5.97 Å². The van der Waals surface area contributed by atoms with E-state index in [0.29, 0.717) is 5.02 Å². The molecule has 1 heterocycles. The van der Waals surface area contributed by atoms with Gasteiger partial charge in [0, 0.05) is 34.8 Å². The molecule has 0 spiro atoms. The first kappa shape index (κ1) is 19.6. The van der Waals surface area contributed by atoms with Gasteiger partial charge in [-0.05, 0) is 30.7 Å². The first-order valence-corrected chi connectivity index (χ1v) is 9.16. The van der Waals surface area contributed by atoms with E-state index in [-0.39, 0.29) is 6.54 Å². The molecule has 0 saturated heterocycles. The number of nitrogens with one attached hydrogen (secondary N) is 1. The third kappa shape index (κ3) is 4.96. The van der Waals surface area contributed by atoms with Crippen molar-refractivity contribution in [1.29, 1.82) is 0 Å². The van der Waals surface area contributed by atoms with Crippen LogP contribution in [-0.2, 0) is 20.9 Å². The predicted octanol–water partition coefficient (Wildman–Crippen LogP) is 4.15. The molecule has 0 aliphatic carbocycles. The van der Waals surface area contributed by atoms with Gasteiger partial charge in [0.2, 0.25) is 0 Å². The largest absolute Gasteiger partial charge is 0.449 e. The van der Waals surface area contributed by atoms with Gasteiger partial charge in [-0.25, -0.2) is 4.79 Å². The number of rotatable bonds is 6. The van der Waals surface area contributed by atoms with Crippen molar-refractivity contribution in [3.63, 3.8) is 0 Å². The fourth-order valence-corrected chi connectivity index (χ4v) is 2.86. The summed E-state index contributed by atoms with van der Waals surface area (Å²) in [6.45, 7) is 1.78. The minimum atomic E-state index is -0.926. The summed E-state index contributed by atoms with van der Waals surface area (Å²) in [5.41, 5.74) is 2.38. The fourth-order valence-electron chi connectivity index (χ4n) is 2.65. The molecule has 0 aliphatic rings. The second kappa shape index (κ2) is 9.15. The van der Waals surface area contributed by atoms with Crippen molar-refractivity contribution in [2.45, 2.75) is 19.6 Å². The number of halogens is 1. The Morgan fingerprint density at radius 2 is 1.93 bits per heavy atom. The van der Waals surface area contributed by atoms with Gasteiger partial charge in [-0.1, -0.05) is 54.1 Å². The zero-order valence-electron chi connectivity index (χ0n) is 15.3. The Morgan fingerprint density at radius 1 is 1.14 bits per heavy atom. The fraction of sp³-hybridized carbons (Fsp3) is 0.136. The first-order valence-electron chi connectivity index (χ1n) is 8.78. The third-order valence-corrected chi connectivity index (χ3v) is 4.50. The standard InChI is InChI=1S/C22H19ClN2O3/c1-15(22(27)25-14-18-6-2-3-10-19(18)23)28-20(26)12-11-17-8-4-7-16-9-5-13-24-21(16)17/h2-13,15H,14H2,1H3,(H,25,27)/b12-11+. The van der Waals surface area contributed by atoms with Crippen molar-refractivity contribution in [1.82, 2.24) is 10.3 Å². The summed E-state index contributed by atoms with van der Waals surface area (Å²) in [4.78, 5) is 28.5. The van der Waals surface area contributed by atoms with E-state index in [1.807, 2.05) is 48.5 Å². The molecule has 0 saturated carbocycles. The van der Waals surface area contributed by atoms with Crippen LogP contribution >= 0.6 is 11.6 Å². The summed E-state index contributed by atoms with van der Waals surface area (Å²) in [5, 5.41) is 4.25. The molecule has 1 aromatic heterocycles. The Morgan fingerprint density at radius 3 is 2.75 bits per heavy atom. The molecule has 0 fully saturated rings. The number of para-hydroxylation sites is 1. The first-order chi connectivity index (χ1) is 13.5. The molecule has 1 amide bonds. The minimum Gasteiger partial charge on any atom is -0.449 e. The van der Waals surface area contributed by atoms with Crippen molar-refractivity contribution in [2.24, 2.45) is 0 Å². The van der Waals surface area contributed by atoms with Gasteiger partial charge in [-0.3, -0.25) is 9.78 Å². The summed E-state index contributed by atoms with van der Waals surface area (Å²) >= 11 is 6.06. The van der Waals surface area contributed by atoms with Crippen molar-refractivity contribution in [2.75, 3.05) is 0 Å². The Labute approximate surface area is 168 Å². The van der Waals surface area contributed by atoms with E-state index in [4.69, 9.17) is 16.3 Å². The van der Waals surface area contributed by atoms with Crippen molar-refractivity contribution < 1.29 is 14.3 Å². The second-order valence-corrected chi connectivity index (χ2v) is 6.55. The van der Waals surface area contributed by atoms with Gasteiger partial charge in [-0.15, -0.1) is 0 Å². The molecule has 3 rings (SSSR count). The lowest BCUT2D eigenvalue weighted by Gasteiger charge is -2.13. The van der Waals surface area contributed by atoms with Crippen LogP contribution in [0.3, 0.4) is 0 Å². The van der Waals surface area contributed by atoms with Crippen LogP contribution in [0.1, 0.15) is 18.1 Å². The van der Waals surface area contributed by atoms with E-state index in [1.54, 1.807) is 18.3 Å². The molecule has 1 N–H and O–H groups in total. The van der Waals surface area contributed by atoms with E-state index >= 15 is 0 Å². The Kier molecular flexibility index (Phi) is 6.40. The van der Waals surface area contributed by atoms with Gasteiger partial charge < -0.3 is 10.1 Å². The number of hydrogen-bond acceptors (Lipinski definition) is 4. The van der Waals surface area contributed by atoms with Crippen molar-refractivity contribution in [3.05, 3.63) is 83.0 Å². The molecule has 0 aliphatic heterocycles. The maximum atomic E-state index is 12.1. The van der Waals surface area contributed by atoms with Crippen LogP contribution < -0.4 is 5.32 Å². The second-order valence-electron chi connectivity index (χ2n) is 6.14. The molecule has 28 heavy (non-hydrogen) atoms. The summed E-state index contributed by atoms with van der Waals surface area (Å²) in [6.07, 6.45) is 3.70. The highest BCUT2D eigenvalue weighted by Crippen LogP contribution is 2.17. The number of fused-ring (bicyclic) bond motifs is 1. The number of pyridine rings is 1. The molecule has 5 nitrogen and oxygen atoms in total. The summed E-state index contributed by atoms with van der Waals surface area (Å²) in [6, 6.07) is 16.7. The quantitative estimate of drug-likeness (QED) is 0.503. The van der Waals surface area contributed by atoms with Crippen molar-refractivity contribution in [3.8, 4) is 0 Å². The molecular weight excluding hydrogens is 376 g/mol. The lowest BCUT2D eigenvalue weighted by Crippen LogP contribution is -2.35. The summed E-state index contributed by atoms with van der Waals surface area (Å²) in [7, 11) is 0. The van der Waals surface area contributed by atoms with Crippen molar-refractivity contribution >= 4 is 40.5 Å². The molecule has 0 radical (unpaired) electrons. The maximum absolute atomic E-state index is 12.1. The predicted molar refractivity (Wildman–Crippen MR) is 110 cm³/mol. The molecule has 0 bridgehead atoms. The molecule has 2 aromatic carbocycles. The molecule has 3 aromatic rings. The molecule has 6 heteroatoms. The number of benzene rings is 2. The number of nitrogens with zero attached hydrogens (tertiary/aromatic N) is 1. The number of hydrogen-bond donors (Lipinski definition) is 1. The zero-order valence-corrected chi connectivity index (χ0v) is 16.0. The minimum absolute atomic E-state index is 0.262. The number of esters is 1. The lowest BCUT2D eigenvalue weighted by molar-refractivity contribution is -0.150. The van der Waals surface area contributed by atoms with Gasteiger partial charge in [0.15, 0.2) is 6.10 Å². The maximum Gasteiger partial charge on any atom is 0.331 e. The number of ether oxygens (including phenoxy) is 1. The van der Waals surface area contributed by atoms with E-state index in [9.17, 15) is 9.59 Å². The molecule has 142 valence electrons. The Balaban J connectivity index is 1.57. The van der Waals surface area contributed by atoms with Crippen LogP contribution in [0.5, 0.6) is 0 Å². The van der Waals surface area contributed by atoms with Crippen LogP contribution in [0.25, 0.3) is 17.0 Å². The highest BCUT2D eigenvalue weighted by atomic mass is 35.5. The Bertz CT molecular complexity index is 1030. The van der Waals surface area contributed by atoms with Crippen LogP contribution in [0.4, 0.5) is 0 Å². The van der Waals surface area contributed by atoms with Gasteiger partial charge in [0.25, 0.3) is 5.91 Å². The normalized spacial score (nSPS) is 12.1. The van der Waals surface area contributed by atoms with Crippen LogP contribution in [-0.4, -0.2) is 23.0 Å². The summed E-state index contributed by atoms with van der Waals surface area (Å²) < 4.78 is 5.17. The lowest BCUT2D eigenvalue weighted by atomic mass is 10.1. The van der Waals surface area contributed by atoms with Gasteiger partial charge in [0.1, 0.15) is 0 Å². The molecular formula is C22H19ClN2O3. The molecule has 1 unspecified atom stereocenters. The molecule has 1 atom stereocenters. The number of carbonyl (C=O) groups excluding carboxylic acids is 2. The topological polar surface area (TPSA) is 68.3 Å². The highest BCUT2D eigenvalue weighted by molar-refractivity contribution is 6.31.